The largest absolute Gasteiger partial charge is 0.394 e. The van der Waals surface area contributed by atoms with Gasteiger partial charge in [0.25, 0.3) is 0 Å². The van der Waals surface area contributed by atoms with Gasteiger partial charge in [-0.25, -0.2) is 0 Å². The van der Waals surface area contributed by atoms with E-state index < -0.39 is 304 Å². The molecular formula is C52H88N2O40. The number of hydrogen-bond donors (Lipinski definition) is 25. The molecule has 0 bridgehead atoms. The van der Waals surface area contributed by atoms with Gasteiger partial charge in [0.15, 0.2) is 50.3 Å². The van der Waals surface area contributed by atoms with Crippen molar-refractivity contribution in [2.45, 2.75) is 266 Å². The summed E-state index contributed by atoms with van der Waals surface area (Å²) in [6.07, 6.45) is -77.3. The highest BCUT2D eigenvalue weighted by atomic mass is 16.8. The fraction of sp³-hybridized carbons (Fsp3) is 0.962. The fourth-order valence-corrected chi connectivity index (χ4v) is 12.1. The minimum absolute atomic E-state index is 0.799. The summed E-state index contributed by atoms with van der Waals surface area (Å²) in [6.45, 7) is -4.17. The van der Waals surface area contributed by atoms with Crippen molar-refractivity contribution in [3.8, 4) is 0 Å². The molecule has 8 fully saturated rings. The first-order valence-electron chi connectivity index (χ1n) is 30.0. The van der Waals surface area contributed by atoms with Gasteiger partial charge in [0.2, 0.25) is 11.8 Å². The van der Waals surface area contributed by atoms with E-state index in [1.165, 1.54) is 6.92 Å². The second-order valence-corrected chi connectivity index (χ2v) is 23.9. The van der Waals surface area contributed by atoms with E-state index in [-0.39, 0.29) is 0 Å². The number of aliphatic hydroxyl groups excluding tert-OH is 23. The van der Waals surface area contributed by atoms with Gasteiger partial charge in [-0.1, -0.05) is 0 Å². The number of hydrogen-bond acceptors (Lipinski definition) is 40. The zero-order valence-electron chi connectivity index (χ0n) is 50.3. The Balaban J connectivity index is 1.14. The van der Waals surface area contributed by atoms with Gasteiger partial charge in [-0.05, 0) is 6.92 Å². The number of amides is 2. The Labute approximate surface area is 532 Å². The van der Waals surface area contributed by atoms with E-state index in [0.29, 0.717) is 0 Å². The molecular weight excluding hydrogens is 1290 g/mol. The third kappa shape index (κ3) is 16.4. The summed E-state index contributed by atoms with van der Waals surface area (Å²) in [5, 5.41) is 257. The van der Waals surface area contributed by atoms with E-state index in [1.807, 2.05) is 0 Å². The van der Waals surface area contributed by atoms with Crippen LogP contribution in [0.3, 0.4) is 0 Å². The molecule has 0 unspecified atom stereocenters. The SMILES string of the molecule is CC(=O)N[C@H]1[C@@H](O[C@H]2[C@@H](O)[C@@H](CO)O[C@@H](OC[C@H]3O[C@@H](O[C@@H]4[C@H](O)[C@@H](O)[C@H](O[C@H]5[C@H](O)[C@@H](O)[C@H](O)O[C@@H]5CO)O[C@@H]4CO)[C@H](O)[C@@H](O[C@@H]4O[C@H](CO)[C@H](O)[C@H](O[C@H]5O[C@H](CO)[C@H](O)[C@H](O)[C@H]5NC(C)=O)[C@H]4O[C@@H]4O[C@@H](C)[C@@H](O)[C@@H](O)[C@@H]4O)[C@H]3O)[C@@H]2O)O[C@H](CO)[C@H](O)[C@@H]1O. The molecule has 8 aliphatic rings. The molecule has 0 aromatic rings. The van der Waals surface area contributed by atoms with E-state index >= 15 is 0 Å². The molecule has 8 rings (SSSR count). The molecule has 42 nitrogen and oxygen atoms in total. The maximum atomic E-state index is 12.5. The minimum atomic E-state index is -2.51. The van der Waals surface area contributed by atoms with Crippen LogP contribution in [0.15, 0.2) is 0 Å². The summed E-state index contributed by atoms with van der Waals surface area (Å²) in [6, 6.07) is -3.43. The van der Waals surface area contributed by atoms with Crippen LogP contribution < -0.4 is 10.6 Å². The standard InChI is InChI=1S/C52H88N2O40/c1-11-23(63)31(71)35(75)49(81-11)94-44-43(93-47-22(54-13(3)62)30(70)25(65)15(5-56)84-47)27(67)17(7-58)86-52(44)92-42-28(68)20(10-80-48-37(77)41(26(66)16(6-57)85-48)91-46-21(53-12(2)61)29(69)24(64)14(4-55)83-46)88-51(38(42)78)90-40-19(9-60)87-50(36(76)33(40)73)89-39-18(8-59)82-45(79)34(74)32(39)72/h11,14-52,55-60,63-79H,4-10H2,1-3H3,(H,53,61)(H,54,62)/t11-,14+,15+,16+,17+,18+,19+,20+,21+,22+,23+,24-,25-,26-,27-,28-,29+,30+,31+,32+,33+,34+,35-,36+,37+,38+,39+,40-,41-,42-,43-,44+,45+,46+,47+,48+,49-,50-,51-,52-/m0/s1. The molecule has 40 atom stereocenters. The summed E-state index contributed by atoms with van der Waals surface area (Å²) >= 11 is 0. The van der Waals surface area contributed by atoms with Crippen LogP contribution in [0.1, 0.15) is 20.8 Å². The van der Waals surface area contributed by atoms with Crippen molar-refractivity contribution in [3.05, 3.63) is 0 Å². The number of carbonyl (C=O) groups excluding carboxylic acids is 2. The molecule has 0 aromatic heterocycles. The molecule has 42 heteroatoms. The average Bonchev–Trinajstić information content (AvgIpc) is 0.770. The molecule has 25 N–H and O–H groups in total. The lowest BCUT2D eigenvalue weighted by molar-refractivity contribution is -0.409. The van der Waals surface area contributed by atoms with Crippen molar-refractivity contribution in [1.29, 1.82) is 0 Å². The fourth-order valence-electron chi connectivity index (χ4n) is 12.1. The summed E-state index contributed by atoms with van der Waals surface area (Å²) in [7, 11) is 0. The van der Waals surface area contributed by atoms with Crippen molar-refractivity contribution in [3.63, 3.8) is 0 Å². The van der Waals surface area contributed by atoms with Crippen LogP contribution in [0.5, 0.6) is 0 Å². The first kappa shape index (κ1) is 77.2. The molecule has 2 amide bonds. The Morgan fingerprint density at radius 1 is 0.298 bits per heavy atom. The van der Waals surface area contributed by atoms with Crippen molar-refractivity contribution in [2.75, 3.05) is 46.2 Å². The Kier molecular flexibility index (Phi) is 27.3. The molecule has 0 saturated carbocycles. The number of rotatable bonds is 23. The molecule has 8 aliphatic heterocycles. The molecule has 0 aliphatic carbocycles. The summed E-state index contributed by atoms with van der Waals surface area (Å²) in [4.78, 5) is 24.7. The van der Waals surface area contributed by atoms with Gasteiger partial charge >= 0.3 is 0 Å². The first-order chi connectivity index (χ1) is 44.4. The predicted molar refractivity (Wildman–Crippen MR) is 286 cm³/mol. The second-order valence-electron chi connectivity index (χ2n) is 23.9. The van der Waals surface area contributed by atoms with Crippen LogP contribution in [0, 0.1) is 0 Å². The Morgan fingerprint density at radius 3 is 1.14 bits per heavy atom. The molecule has 8 saturated heterocycles. The molecule has 94 heavy (non-hydrogen) atoms. The molecule has 0 spiro atoms. The van der Waals surface area contributed by atoms with Gasteiger partial charge in [0, 0.05) is 13.8 Å². The van der Waals surface area contributed by atoms with Gasteiger partial charge in [-0.2, -0.15) is 0 Å². The Bertz CT molecular complexity index is 2370. The Hall–Kier alpha value is -2.58. The van der Waals surface area contributed by atoms with E-state index in [0.717, 1.165) is 13.8 Å². The minimum Gasteiger partial charge on any atom is -0.394 e. The van der Waals surface area contributed by atoms with Crippen molar-refractivity contribution >= 4 is 11.8 Å². The van der Waals surface area contributed by atoms with Gasteiger partial charge in [-0.15, -0.1) is 0 Å². The molecule has 8 heterocycles. The highest BCUT2D eigenvalue weighted by Gasteiger charge is 2.60. The van der Waals surface area contributed by atoms with Gasteiger partial charge in [-0.3, -0.25) is 9.59 Å². The summed E-state index contributed by atoms with van der Waals surface area (Å²) in [5.74, 6) is -1.66. The molecule has 0 aromatic carbocycles. The molecule has 546 valence electrons. The average molecular weight is 1380 g/mol. The number of nitrogens with one attached hydrogen (secondary N) is 2. The van der Waals surface area contributed by atoms with E-state index in [1.54, 1.807) is 0 Å². The van der Waals surface area contributed by atoms with Crippen LogP contribution in [0.2, 0.25) is 0 Å². The van der Waals surface area contributed by atoms with Gasteiger partial charge in [0.1, 0.15) is 189 Å². The summed E-state index contributed by atoms with van der Waals surface area (Å²) in [5.41, 5.74) is 0. The zero-order valence-corrected chi connectivity index (χ0v) is 50.3. The van der Waals surface area contributed by atoms with E-state index in [4.69, 9.17) is 71.1 Å². The highest BCUT2D eigenvalue weighted by Crippen LogP contribution is 2.39. The van der Waals surface area contributed by atoms with E-state index in [9.17, 15) is 127 Å². The third-order valence-corrected chi connectivity index (χ3v) is 17.4. The predicted octanol–water partition coefficient (Wildman–Crippen LogP) is -17.1. The normalized spacial score (nSPS) is 51.2. The van der Waals surface area contributed by atoms with Crippen molar-refractivity contribution < 1.29 is 198 Å². The quantitative estimate of drug-likeness (QED) is 0.0452. The van der Waals surface area contributed by atoms with Crippen LogP contribution >= 0.6 is 0 Å². The summed E-state index contributed by atoms with van der Waals surface area (Å²) < 4.78 is 87.6. The lowest BCUT2D eigenvalue weighted by Crippen LogP contribution is -2.70. The van der Waals surface area contributed by atoms with E-state index in [2.05, 4.69) is 10.6 Å². The van der Waals surface area contributed by atoms with Crippen LogP contribution in [-0.4, -0.2) is 421 Å². The van der Waals surface area contributed by atoms with Crippen LogP contribution in [0.25, 0.3) is 0 Å². The van der Waals surface area contributed by atoms with Crippen LogP contribution in [0.4, 0.5) is 0 Å². The molecule has 0 radical (unpaired) electrons. The monoisotopic (exact) mass is 1380 g/mol. The van der Waals surface area contributed by atoms with Crippen molar-refractivity contribution in [1.82, 2.24) is 10.6 Å². The van der Waals surface area contributed by atoms with Crippen molar-refractivity contribution in [2.24, 2.45) is 0 Å². The maximum absolute atomic E-state index is 12.5. The second kappa shape index (κ2) is 33.3. The third-order valence-electron chi connectivity index (χ3n) is 17.4. The number of aliphatic hydroxyl groups is 23. The lowest BCUT2D eigenvalue weighted by atomic mass is 9.94. The Morgan fingerprint density at radius 2 is 0.638 bits per heavy atom. The number of carbonyl (C=O) groups is 2. The first-order valence-corrected chi connectivity index (χ1v) is 30.0. The van der Waals surface area contributed by atoms with Gasteiger partial charge < -0.3 is 199 Å². The maximum Gasteiger partial charge on any atom is 0.217 e. The lowest BCUT2D eigenvalue weighted by Gasteiger charge is -2.51. The highest BCUT2D eigenvalue weighted by molar-refractivity contribution is 5.73. The van der Waals surface area contributed by atoms with Gasteiger partial charge in [0.05, 0.1) is 52.4 Å². The number of ether oxygens (including phenoxy) is 15. The smallest absolute Gasteiger partial charge is 0.217 e. The van der Waals surface area contributed by atoms with Crippen LogP contribution in [-0.2, 0) is 80.6 Å². The topological polar surface area (TPSA) is 662 Å². The zero-order chi connectivity index (χ0) is 69.2.